The van der Waals surface area contributed by atoms with Crippen molar-refractivity contribution < 1.29 is 4.79 Å². The third-order valence-corrected chi connectivity index (χ3v) is 6.56. The number of hydrogen-bond donors (Lipinski definition) is 0. The van der Waals surface area contributed by atoms with Crippen LogP contribution in [0.25, 0.3) is 22.0 Å². The van der Waals surface area contributed by atoms with E-state index in [1.54, 1.807) is 23.6 Å². The molecule has 1 fully saturated rings. The molecule has 3 heterocycles. The molecule has 1 atom stereocenters. The molecule has 0 spiro atoms. The van der Waals surface area contributed by atoms with Crippen molar-refractivity contribution in [3.63, 3.8) is 0 Å². The molecule has 150 valence electrons. The van der Waals surface area contributed by atoms with Crippen molar-refractivity contribution >= 4 is 33.5 Å². The van der Waals surface area contributed by atoms with Crippen LogP contribution in [0.4, 0.5) is 0 Å². The highest BCUT2D eigenvalue weighted by Gasteiger charge is 2.29. The Morgan fingerprint density at radius 1 is 1.07 bits per heavy atom. The van der Waals surface area contributed by atoms with Crippen molar-refractivity contribution in [1.82, 2.24) is 19.7 Å². The van der Waals surface area contributed by atoms with Gasteiger partial charge >= 0.3 is 0 Å². The van der Waals surface area contributed by atoms with Crippen LogP contribution < -0.4 is 0 Å². The quantitative estimate of drug-likeness (QED) is 0.429. The van der Waals surface area contributed by atoms with E-state index in [2.05, 4.69) is 11.2 Å². The van der Waals surface area contributed by atoms with Crippen molar-refractivity contribution in [2.24, 2.45) is 0 Å². The highest BCUT2D eigenvalue weighted by atomic mass is 32.1. The molecule has 2 aromatic carbocycles. The smallest absolute Gasteiger partial charge is 0.247 e. The fraction of sp³-hybridized carbons (Fsp3) is 0.208. The molecule has 1 aliphatic rings. The molecule has 1 amide bonds. The van der Waals surface area contributed by atoms with E-state index in [0.29, 0.717) is 0 Å². The van der Waals surface area contributed by atoms with Crippen molar-refractivity contribution in [3.05, 3.63) is 83.6 Å². The van der Waals surface area contributed by atoms with E-state index in [4.69, 9.17) is 4.98 Å². The Morgan fingerprint density at radius 3 is 2.77 bits per heavy atom. The van der Waals surface area contributed by atoms with E-state index in [-0.39, 0.29) is 11.9 Å². The number of likely N-dealkylation sites (tertiary alicyclic amines) is 1. The Morgan fingerprint density at radius 2 is 1.90 bits per heavy atom. The van der Waals surface area contributed by atoms with Gasteiger partial charge in [-0.3, -0.25) is 4.79 Å². The van der Waals surface area contributed by atoms with E-state index in [9.17, 15) is 4.79 Å². The van der Waals surface area contributed by atoms with Crippen LogP contribution in [0.2, 0.25) is 0 Å². The zero-order valence-corrected chi connectivity index (χ0v) is 17.3. The van der Waals surface area contributed by atoms with Gasteiger partial charge in [0.15, 0.2) is 0 Å². The van der Waals surface area contributed by atoms with Gasteiger partial charge in [0.2, 0.25) is 5.91 Å². The molecule has 0 radical (unpaired) electrons. The predicted octanol–water partition coefficient (Wildman–Crippen LogP) is 5.25. The van der Waals surface area contributed by atoms with Crippen molar-refractivity contribution in [1.29, 1.82) is 0 Å². The molecule has 0 aliphatic carbocycles. The first kappa shape index (κ1) is 18.8. The first-order chi connectivity index (χ1) is 14.8. The number of benzene rings is 2. The number of piperidine rings is 1. The second-order valence-corrected chi connectivity index (χ2v) is 8.51. The molecule has 1 saturated heterocycles. The minimum absolute atomic E-state index is 0.0337. The van der Waals surface area contributed by atoms with Crippen LogP contribution in [-0.4, -0.2) is 32.1 Å². The van der Waals surface area contributed by atoms with Gasteiger partial charge in [-0.1, -0.05) is 30.3 Å². The Hall–Kier alpha value is -3.25. The lowest BCUT2D eigenvalue weighted by atomic mass is 10.0. The van der Waals surface area contributed by atoms with E-state index in [1.165, 1.54) is 4.70 Å². The third kappa shape index (κ3) is 3.78. The van der Waals surface area contributed by atoms with Gasteiger partial charge in [0.25, 0.3) is 0 Å². The lowest BCUT2D eigenvalue weighted by Gasteiger charge is -2.33. The number of rotatable bonds is 4. The molecule has 0 saturated carbocycles. The van der Waals surface area contributed by atoms with Crippen molar-refractivity contribution in [2.75, 3.05) is 6.54 Å². The largest absolute Gasteiger partial charge is 0.330 e. The summed E-state index contributed by atoms with van der Waals surface area (Å²) in [5.74, 6) is 0.0337. The predicted molar refractivity (Wildman–Crippen MR) is 121 cm³/mol. The normalized spacial score (nSPS) is 17.1. The summed E-state index contributed by atoms with van der Waals surface area (Å²) < 4.78 is 2.99. The lowest BCUT2D eigenvalue weighted by molar-refractivity contribution is -0.129. The number of fused-ring (bicyclic) bond motifs is 1. The molecule has 0 bridgehead atoms. The summed E-state index contributed by atoms with van der Waals surface area (Å²) in [6.45, 7) is 0.771. The molecular weight excluding hydrogens is 392 g/mol. The van der Waals surface area contributed by atoms with E-state index >= 15 is 0 Å². The molecule has 1 aliphatic heterocycles. The number of amides is 1. The van der Waals surface area contributed by atoms with Gasteiger partial charge in [0, 0.05) is 24.4 Å². The van der Waals surface area contributed by atoms with E-state index < -0.39 is 0 Å². The Kier molecular flexibility index (Phi) is 5.15. The standard InChI is InChI=1S/C24H22N4OS/c29-23(14-13-18-16-25-28(17-18)19-8-2-1-3-9-19)27-15-7-6-11-21(27)24-26-20-10-4-5-12-22(20)30-24/h1-5,8-10,12-14,16-17,21H,6-7,11,15H2. The summed E-state index contributed by atoms with van der Waals surface area (Å²) in [6, 6.07) is 18.2. The lowest BCUT2D eigenvalue weighted by Crippen LogP contribution is -2.37. The highest BCUT2D eigenvalue weighted by molar-refractivity contribution is 7.18. The van der Waals surface area contributed by atoms with Gasteiger partial charge in [0.1, 0.15) is 5.01 Å². The molecule has 4 aromatic rings. The Balaban J connectivity index is 1.34. The minimum atomic E-state index is 0.0337. The van der Waals surface area contributed by atoms with Gasteiger partial charge in [-0.05, 0) is 49.6 Å². The first-order valence-corrected chi connectivity index (χ1v) is 11.0. The fourth-order valence-electron chi connectivity index (χ4n) is 3.89. The summed E-state index contributed by atoms with van der Waals surface area (Å²) in [4.78, 5) is 19.8. The van der Waals surface area contributed by atoms with E-state index in [1.807, 2.05) is 70.4 Å². The van der Waals surface area contributed by atoms with Gasteiger partial charge < -0.3 is 4.90 Å². The van der Waals surface area contributed by atoms with Crippen LogP contribution in [0.15, 0.2) is 73.1 Å². The van der Waals surface area contributed by atoms with Crippen LogP contribution in [0, 0.1) is 0 Å². The number of aromatic nitrogens is 3. The molecule has 5 nitrogen and oxygen atoms in total. The van der Waals surface area contributed by atoms with Crippen molar-refractivity contribution in [2.45, 2.75) is 25.3 Å². The van der Waals surface area contributed by atoms with Gasteiger partial charge in [-0.2, -0.15) is 5.10 Å². The number of carbonyl (C=O) groups excluding carboxylic acids is 1. The molecule has 2 aromatic heterocycles. The average molecular weight is 415 g/mol. The maximum atomic E-state index is 13.0. The summed E-state index contributed by atoms with van der Waals surface area (Å²) in [5, 5.41) is 5.43. The topological polar surface area (TPSA) is 51.0 Å². The zero-order chi connectivity index (χ0) is 20.3. The maximum Gasteiger partial charge on any atom is 0.247 e. The second kappa shape index (κ2) is 8.24. The van der Waals surface area contributed by atoms with Gasteiger partial charge in [-0.15, -0.1) is 11.3 Å². The van der Waals surface area contributed by atoms with Crippen LogP contribution in [-0.2, 0) is 4.79 Å². The van der Waals surface area contributed by atoms with Crippen molar-refractivity contribution in [3.8, 4) is 5.69 Å². The number of thiazole rings is 1. The average Bonchev–Trinajstić information content (AvgIpc) is 3.45. The first-order valence-electron chi connectivity index (χ1n) is 10.2. The van der Waals surface area contributed by atoms with Gasteiger partial charge in [-0.25, -0.2) is 9.67 Å². The second-order valence-electron chi connectivity index (χ2n) is 7.45. The molecule has 30 heavy (non-hydrogen) atoms. The van der Waals surface area contributed by atoms with Crippen LogP contribution in [0.5, 0.6) is 0 Å². The summed E-state index contributed by atoms with van der Waals surface area (Å²) in [7, 11) is 0. The number of para-hydroxylation sites is 2. The number of nitrogens with zero attached hydrogens (tertiary/aromatic N) is 4. The molecule has 6 heteroatoms. The number of carbonyl (C=O) groups is 1. The number of hydrogen-bond acceptors (Lipinski definition) is 4. The Bertz CT molecular complexity index is 1160. The SMILES string of the molecule is O=C(C=Cc1cnn(-c2ccccc2)c1)N1CCCCC1c1nc2ccccc2s1. The van der Waals surface area contributed by atoms with E-state index in [0.717, 1.165) is 47.6 Å². The minimum Gasteiger partial charge on any atom is -0.330 e. The molecule has 0 N–H and O–H groups in total. The maximum absolute atomic E-state index is 13.0. The summed E-state index contributed by atoms with van der Waals surface area (Å²) in [5.41, 5.74) is 2.91. The van der Waals surface area contributed by atoms with Gasteiger partial charge in [0.05, 0.1) is 28.1 Å². The van der Waals surface area contributed by atoms with Crippen LogP contribution in [0.3, 0.4) is 0 Å². The molecule has 1 unspecified atom stereocenters. The fourth-order valence-corrected chi connectivity index (χ4v) is 5.01. The summed E-state index contributed by atoms with van der Waals surface area (Å²) >= 11 is 1.70. The summed E-state index contributed by atoms with van der Waals surface area (Å²) in [6.07, 6.45) is 10.3. The molecular formula is C24H22N4OS. The third-order valence-electron chi connectivity index (χ3n) is 5.42. The monoisotopic (exact) mass is 414 g/mol. The highest BCUT2D eigenvalue weighted by Crippen LogP contribution is 2.35. The van der Waals surface area contributed by atoms with Crippen LogP contribution >= 0.6 is 11.3 Å². The molecule has 5 rings (SSSR count). The van der Waals surface area contributed by atoms with Crippen LogP contribution in [0.1, 0.15) is 35.9 Å². The Labute approximate surface area is 179 Å². The zero-order valence-electron chi connectivity index (χ0n) is 16.5.